The van der Waals surface area contributed by atoms with E-state index >= 15 is 0 Å². The molecule has 0 aliphatic rings. The van der Waals surface area contributed by atoms with E-state index in [1.165, 1.54) is 0 Å². The quantitative estimate of drug-likeness (QED) is 0.0862. The number of hydrogen-bond acceptors (Lipinski definition) is 14. The van der Waals surface area contributed by atoms with Crippen LogP contribution in [0.3, 0.4) is 0 Å². The molecular formula is C32H63NO15. The van der Waals surface area contributed by atoms with E-state index in [1.54, 1.807) is 0 Å². The Morgan fingerprint density at radius 2 is 0.708 bits per heavy atom. The Labute approximate surface area is 286 Å². The van der Waals surface area contributed by atoms with Gasteiger partial charge in [-0.2, -0.15) is 0 Å². The van der Waals surface area contributed by atoms with Gasteiger partial charge in [-0.3, -0.25) is 9.59 Å². The molecule has 0 unspecified atom stereocenters. The van der Waals surface area contributed by atoms with Crippen LogP contribution in [0.15, 0.2) is 0 Å². The highest BCUT2D eigenvalue weighted by Crippen LogP contribution is 1.91. The van der Waals surface area contributed by atoms with E-state index in [2.05, 4.69) is 5.32 Å². The molecule has 0 aromatic rings. The van der Waals surface area contributed by atoms with Crippen molar-refractivity contribution in [1.29, 1.82) is 0 Å². The van der Waals surface area contributed by atoms with Crippen LogP contribution >= 0.6 is 0 Å². The molecule has 0 atom stereocenters. The van der Waals surface area contributed by atoms with E-state index in [0.29, 0.717) is 165 Å². The van der Waals surface area contributed by atoms with E-state index in [9.17, 15) is 9.59 Å². The molecule has 0 heterocycles. The van der Waals surface area contributed by atoms with Gasteiger partial charge in [0.05, 0.1) is 158 Å². The standard InChI is InChI=1S/C32H63NO15/c1-30(2)48-29-28-47-27-26-46-25-24-45-23-22-44-21-20-43-19-18-42-17-16-41-15-14-40-13-12-39-11-10-38-9-8-37-7-3-6-33-31(34)4-5-32(35)36/h30H,3-29H2,1-2H3,(H,33,34)(H,35,36). The Hall–Kier alpha value is -1.54. The fourth-order valence-corrected chi connectivity index (χ4v) is 3.35. The maximum atomic E-state index is 11.4. The van der Waals surface area contributed by atoms with E-state index in [-0.39, 0.29) is 24.9 Å². The lowest BCUT2D eigenvalue weighted by molar-refractivity contribution is -0.138. The van der Waals surface area contributed by atoms with Crippen molar-refractivity contribution < 1.29 is 71.5 Å². The second-order valence-corrected chi connectivity index (χ2v) is 10.3. The van der Waals surface area contributed by atoms with Gasteiger partial charge in [0.1, 0.15) is 0 Å². The Morgan fingerprint density at radius 3 is 0.979 bits per heavy atom. The fourth-order valence-electron chi connectivity index (χ4n) is 3.35. The van der Waals surface area contributed by atoms with E-state index < -0.39 is 5.97 Å². The number of nitrogens with one attached hydrogen (secondary N) is 1. The molecule has 0 spiro atoms. The van der Waals surface area contributed by atoms with Crippen LogP contribution in [0.1, 0.15) is 33.1 Å². The predicted molar refractivity (Wildman–Crippen MR) is 175 cm³/mol. The molecule has 0 aromatic carbocycles. The number of carboxylic acid groups (broad SMARTS) is 1. The summed E-state index contributed by atoms with van der Waals surface area (Å²) < 4.78 is 65.3. The molecule has 48 heavy (non-hydrogen) atoms. The van der Waals surface area contributed by atoms with Crippen LogP contribution < -0.4 is 5.32 Å². The predicted octanol–water partition coefficient (Wildman–Crippen LogP) is 0.965. The zero-order chi connectivity index (χ0) is 35.0. The van der Waals surface area contributed by atoms with Crippen molar-refractivity contribution in [2.45, 2.75) is 39.2 Å². The Kier molecular flexibility index (Phi) is 38.6. The SMILES string of the molecule is CC(C)OCCOCCOCCOCCOCCOCCOCCOCCOCCOCCOCCOCCCNC(=O)CCC(=O)O. The number of rotatable bonds is 41. The largest absolute Gasteiger partial charge is 0.481 e. The third-order valence-electron chi connectivity index (χ3n) is 5.75. The van der Waals surface area contributed by atoms with E-state index in [4.69, 9.17) is 61.9 Å². The summed E-state index contributed by atoms with van der Waals surface area (Å²) in [6.07, 6.45) is 0.701. The third kappa shape index (κ3) is 42.5. The van der Waals surface area contributed by atoms with Gasteiger partial charge in [0.2, 0.25) is 5.91 Å². The van der Waals surface area contributed by atoms with Crippen LogP contribution in [-0.2, 0) is 66.4 Å². The summed E-state index contributed by atoms with van der Waals surface area (Å²) in [7, 11) is 0. The summed E-state index contributed by atoms with van der Waals surface area (Å²) in [5, 5.41) is 11.2. The minimum absolute atomic E-state index is 0.0103. The molecule has 0 saturated carbocycles. The van der Waals surface area contributed by atoms with Crippen molar-refractivity contribution in [3.8, 4) is 0 Å². The molecule has 0 aromatic heterocycles. The van der Waals surface area contributed by atoms with E-state index in [1.807, 2.05) is 13.8 Å². The smallest absolute Gasteiger partial charge is 0.303 e. The Balaban J connectivity index is 3.08. The molecule has 0 fully saturated rings. The number of carbonyl (C=O) groups excluding carboxylic acids is 1. The molecule has 0 radical (unpaired) electrons. The van der Waals surface area contributed by atoms with Gasteiger partial charge in [-0.1, -0.05) is 0 Å². The minimum atomic E-state index is -0.983. The van der Waals surface area contributed by atoms with Crippen molar-refractivity contribution in [3.05, 3.63) is 0 Å². The Morgan fingerprint density at radius 1 is 0.438 bits per heavy atom. The van der Waals surface area contributed by atoms with Crippen molar-refractivity contribution in [1.82, 2.24) is 5.32 Å². The highest BCUT2D eigenvalue weighted by molar-refractivity contribution is 5.80. The van der Waals surface area contributed by atoms with Crippen LogP contribution in [-0.4, -0.2) is 182 Å². The second kappa shape index (κ2) is 39.9. The van der Waals surface area contributed by atoms with Crippen molar-refractivity contribution >= 4 is 11.9 Å². The molecule has 0 aliphatic heterocycles. The normalized spacial score (nSPS) is 11.5. The van der Waals surface area contributed by atoms with Gasteiger partial charge in [0.25, 0.3) is 0 Å². The first-order chi connectivity index (χ1) is 23.5. The maximum Gasteiger partial charge on any atom is 0.303 e. The molecular weight excluding hydrogens is 638 g/mol. The summed E-state index contributed by atoms with van der Waals surface area (Å²) in [6.45, 7) is 16.0. The second-order valence-electron chi connectivity index (χ2n) is 10.3. The maximum absolute atomic E-state index is 11.4. The fraction of sp³-hybridized carbons (Fsp3) is 0.938. The topological polar surface area (TPSA) is 177 Å². The summed E-state index contributed by atoms with van der Waals surface area (Å²) >= 11 is 0. The zero-order valence-corrected chi connectivity index (χ0v) is 29.3. The number of ether oxygens (including phenoxy) is 12. The van der Waals surface area contributed by atoms with Crippen molar-refractivity contribution in [2.24, 2.45) is 0 Å². The number of aliphatic carboxylic acids is 1. The first-order valence-electron chi connectivity index (χ1n) is 17.0. The monoisotopic (exact) mass is 701 g/mol. The van der Waals surface area contributed by atoms with Crippen molar-refractivity contribution in [3.63, 3.8) is 0 Å². The molecule has 0 bridgehead atoms. The van der Waals surface area contributed by atoms with E-state index in [0.717, 1.165) is 0 Å². The molecule has 286 valence electrons. The van der Waals surface area contributed by atoms with Gasteiger partial charge in [-0.05, 0) is 20.3 Å². The lowest BCUT2D eigenvalue weighted by Gasteiger charge is -2.09. The van der Waals surface area contributed by atoms with Gasteiger partial charge < -0.3 is 67.3 Å². The average molecular weight is 702 g/mol. The molecule has 0 rings (SSSR count). The summed E-state index contributed by atoms with van der Waals surface area (Å²) in [4.78, 5) is 21.8. The van der Waals surface area contributed by atoms with Crippen molar-refractivity contribution in [2.75, 3.05) is 159 Å². The van der Waals surface area contributed by atoms with Gasteiger partial charge in [0, 0.05) is 19.6 Å². The summed E-state index contributed by atoms with van der Waals surface area (Å²) in [5.41, 5.74) is 0. The van der Waals surface area contributed by atoms with Crippen LogP contribution in [0.4, 0.5) is 0 Å². The molecule has 16 nitrogen and oxygen atoms in total. The average Bonchev–Trinajstić information content (AvgIpc) is 3.06. The first-order valence-corrected chi connectivity index (χ1v) is 17.0. The third-order valence-corrected chi connectivity index (χ3v) is 5.75. The number of amides is 1. The molecule has 16 heteroatoms. The lowest BCUT2D eigenvalue weighted by Crippen LogP contribution is -2.25. The minimum Gasteiger partial charge on any atom is -0.481 e. The van der Waals surface area contributed by atoms with Gasteiger partial charge in [-0.15, -0.1) is 0 Å². The first kappa shape index (κ1) is 46.5. The van der Waals surface area contributed by atoms with Crippen LogP contribution in [0.25, 0.3) is 0 Å². The number of hydrogen-bond donors (Lipinski definition) is 2. The molecule has 0 aliphatic carbocycles. The molecule has 2 N–H and O–H groups in total. The van der Waals surface area contributed by atoms with Gasteiger partial charge >= 0.3 is 5.97 Å². The van der Waals surface area contributed by atoms with Crippen LogP contribution in [0.2, 0.25) is 0 Å². The molecule has 1 amide bonds. The van der Waals surface area contributed by atoms with Gasteiger partial charge in [-0.25, -0.2) is 0 Å². The summed E-state index contributed by atoms with van der Waals surface area (Å²) in [5.74, 6) is -1.25. The highest BCUT2D eigenvalue weighted by atomic mass is 16.6. The molecule has 0 saturated heterocycles. The highest BCUT2D eigenvalue weighted by Gasteiger charge is 2.04. The Bertz CT molecular complexity index is 675. The zero-order valence-electron chi connectivity index (χ0n) is 29.3. The number of carboxylic acids is 1. The summed E-state index contributed by atoms with van der Waals surface area (Å²) in [6, 6.07) is 0. The number of carbonyl (C=O) groups is 2. The van der Waals surface area contributed by atoms with Gasteiger partial charge in [0.15, 0.2) is 0 Å². The van der Waals surface area contributed by atoms with Crippen LogP contribution in [0, 0.1) is 0 Å². The lowest BCUT2D eigenvalue weighted by atomic mass is 10.3. The van der Waals surface area contributed by atoms with Crippen LogP contribution in [0.5, 0.6) is 0 Å².